The number of thiazole rings is 1. The zero-order chi connectivity index (χ0) is 16.1. The molecule has 0 radical (unpaired) electrons. The maximum absolute atomic E-state index is 11.4. The number of aryl methyl sites for hydroxylation is 1. The van der Waals surface area contributed by atoms with Gasteiger partial charge in [-0.1, -0.05) is 23.5 Å². The number of hydrogen-bond acceptors (Lipinski definition) is 7. The van der Waals surface area contributed by atoms with E-state index in [1.54, 1.807) is 18.6 Å². The summed E-state index contributed by atoms with van der Waals surface area (Å²) in [5, 5.41) is 13.2. The second-order valence-electron chi connectivity index (χ2n) is 4.73. The number of hydrazone groups is 1. The highest BCUT2D eigenvalue weighted by atomic mass is 32.1. The molecule has 0 saturated carbocycles. The standard InChI is InChI=1S/C14H17N5O2S/c1-9-12(13(20)18-21)22-14(16-9)17-15-8-10-4-6-11(7-5-10)19(2)3/h4-8,21H,1-3H3,(H,16,17)(H,18,20)/b15-8+. The molecule has 0 aliphatic carbocycles. The second-order valence-corrected chi connectivity index (χ2v) is 5.73. The molecule has 0 bridgehead atoms. The molecule has 116 valence electrons. The molecule has 1 heterocycles. The van der Waals surface area contributed by atoms with E-state index in [2.05, 4.69) is 15.5 Å². The Balaban J connectivity index is 2.02. The summed E-state index contributed by atoms with van der Waals surface area (Å²) in [6.07, 6.45) is 1.67. The van der Waals surface area contributed by atoms with Gasteiger partial charge in [-0.25, -0.2) is 10.5 Å². The Morgan fingerprint density at radius 1 is 1.36 bits per heavy atom. The average Bonchev–Trinajstić information content (AvgIpc) is 2.88. The third-order valence-electron chi connectivity index (χ3n) is 2.89. The number of nitrogens with one attached hydrogen (secondary N) is 2. The summed E-state index contributed by atoms with van der Waals surface area (Å²) < 4.78 is 0. The van der Waals surface area contributed by atoms with E-state index in [9.17, 15) is 4.79 Å². The molecule has 2 aromatic rings. The molecule has 1 aromatic heterocycles. The van der Waals surface area contributed by atoms with Gasteiger partial charge in [-0.05, 0) is 24.6 Å². The SMILES string of the molecule is Cc1nc(N/N=C/c2ccc(N(C)C)cc2)sc1C(=O)NO. The van der Waals surface area contributed by atoms with Crippen molar-refractivity contribution in [2.75, 3.05) is 24.4 Å². The number of benzene rings is 1. The van der Waals surface area contributed by atoms with Crippen LogP contribution in [0.1, 0.15) is 20.9 Å². The number of amides is 1. The van der Waals surface area contributed by atoms with E-state index in [0.29, 0.717) is 15.7 Å². The van der Waals surface area contributed by atoms with Crippen LogP contribution in [-0.4, -0.2) is 36.4 Å². The van der Waals surface area contributed by atoms with Gasteiger partial charge < -0.3 is 4.90 Å². The largest absolute Gasteiger partial charge is 0.378 e. The van der Waals surface area contributed by atoms with Crippen molar-refractivity contribution in [2.24, 2.45) is 5.10 Å². The first-order chi connectivity index (χ1) is 10.5. The minimum atomic E-state index is -0.577. The van der Waals surface area contributed by atoms with Crippen LogP contribution < -0.4 is 15.8 Å². The van der Waals surface area contributed by atoms with Gasteiger partial charge >= 0.3 is 0 Å². The smallest absolute Gasteiger partial charge is 0.286 e. The Labute approximate surface area is 132 Å². The lowest BCUT2D eigenvalue weighted by molar-refractivity contribution is 0.0710. The molecule has 7 nitrogen and oxygen atoms in total. The van der Waals surface area contributed by atoms with Crippen molar-refractivity contribution < 1.29 is 10.0 Å². The first kappa shape index (κ1) is 15.9. The quantitative estimate of drug-likeness (QED) is 0.446. The van der Waals surface area contributed by atoms with Crippen LogP contribution in [0.4, 0.5) is 10.8 Å². The number of hydrogen-bond donors (Lipinski definition) is 3. The molecule has 22 heavy (non-hydrogen) atoms. The third kappa shape index (κ3) is 3.80. The fourth-order valence-corrected chi connectivity index (χ4v) is 2.53. The molecule has 1 amide bonds. The summed E-state index contributed by atoms with van der Waals surface area (Å²) in [7, 11) is 3.96. The predicted octanol–water partition coefficient (Wildman–Crippen LogP) is 2.08. The van der Waals surface area contributed by atoms with Crippen LogP contribution in [0, 0.1) is 6.92 Å². The van der Waals surface area contributed by atoms with Crippen molar-refractivity contribution in [3.05, 3.63) is 40.4 Å². The number of rotatable bonds is 5. The van der Waals surface area contributed by atoms with Crippen LogP contribution in [0.25, 0.3) is 0 Å². The zero-order valence-corrected chi connectivity index (χ0v) is 13.3. The summed E-state index contributed by atoms with van der Waals surface area (Å²) in [6, 6.07) is 7.91. The molecule has 0 aliphatic heterocycles. The number of hydroxylamine groups is 1. The van der Waals surface area contributed by atoms with E-state index >= 15 is 0 Å². The van der Waals surface area contributed by atoms with E-state index in [1.165, 1.54) is 0 Å². The number of carbonyl (C=O) groups is 1. The molecule has 8 heteroatoms. The normalized spacial score (nSPS) is 10.7. The Kier molecular flexibility index (Phi) is 5.08. The maximum Gasteiger partial charge on any atom is 0.286 e. The molecule has 0 fully saturated rings. The lowest BCUT2D eigenvalue weighted by Crippen LogP contribution is -2.18. The van der Waals surface area contributed by atoms with Crippen molar-refractivity contribution >= 4 is 34.3 Å². The van der Waals surface area contributed by atoms with E-state index in [-0.39, 0.29) is 0 Å². The van der Waals surface area contributed by atoms with E-state index in [1.807, 2.05) is 43.3 Å². The lowest BCUT2D eigenvalue weighted by atomic mass is 10.2. The molecule has 3 N–H and O–H groups in total. The monoisotopic (exact) mass is 319 g/mol. The molecular formula is C14H17N5O2S. The lowest BCUT2D eigenvalue weighted by Gasteiger charge is -2.11. The Hall–Kier alpha value is -2.45. The summed E-state index contributed by atoms with van der Waals surface area (Å²) in [5.74, 6) is -0.577. The fourth-order valence-electron chi connectivity index (χ4n) is 1.73. The van der Waals surface area contributed by atoms with Gasteiger partial charge in [0.25, 0.3) is 5.91 Å². The van der Waals surface area contributed by atoms with Crippen LogP contribution in [0.3, 0.4) is 0 Å². The van der Waals surface area contributed by atoms with Crippen molar-refractivity contribution in [2.45, 2.75) is 6.92 Å². The topological polar surface area (TPSA) is 89.9 Å². The van der Waals surface area contributed by atoms with Gasteiger partial charge in [0.15, 0.2) is 0 Å². The zero-order valence-electron chi connectivity index (χ0n) is 12.5. The van der Waals surface area contributed by atoms with Crippen LogP contribution in [-0.2, 0) is 0 Å². The second kappa shape index (κ2) is 7.01. The maximum atomic E-state index is 11.4. The van der Waals surface area contributed by atoms with E-state index in [4.69, 9.17) is 5.21 Å². The van der Waals surface area contributed by atoms with Gasteiger partial charge in [0.1, 0.15) is 4.88 Å². The van der Waals surface area contributed by atoms with Crippen LogP contribution in [0.15, 0.2) is 29.4 Å². The third-order valence-corrected chi connectivity index (χ3v) is 3.95. The van der Waals surface area contributed by atoms with Crippen molar-refractivity contribution in [1.82, 2.24) is 10.5 Å². The van der Waals surface area contributed by atoms with Crippen molar-refractivity contribution in [3.63, 3.8) is 0 Å². The molecule has 2 rings (SSSR count). The molecule has 0 atom stereocenters. The molecule has 1 aromatic carbocycles. The van der Waals surface area contributed by atoms with Gasteiger partial charge in [0.05, 0.1) is 11.9 Å². The van der Waals surface area contributed by atoms with Gasteiger partial charge in [-0.15, -0.1) is 0 Å². The highest BCUT2D eigenvalue weighted by molar-refractivity contribution is 7.17. The number of aromatic nitrogens is 1. The highest BCUT2D eigenvalue weighted by Crippen LogP contribution is 2.22. The molecule has 0 aliphatic rings. The number of nitrogens with zero attached hydrogens (tertiary/aromatic N) is 3. The predicted molar refractivity (Wildman–Crippen MR) is 88.1 cm³/mol. The van der Waals surface area contributed by atoms with Crippen molar-refractivity contribution in [1.29, 1.82) is 0 Å². The average molecular weight is 319 g/mol. The number of anilines is 2. The van der Waals surface area contributed by atoms with Gasteiger partial charge in [0.2, 0.25) is 5.13 Å². The van der Waals surface area contributed by atoms with Crippen LogP contribution in [0.5, 0.6) is 0 Å². The summed E-state index contributed by atoms with van der Waals surface area (Å²) in [5.41, 5.74) is 6.96. The highest BCUT2D eigenvalue weighted by Gasteiger charge is 2.14. The van der Waals surface area contributed by atoms with E-state index in [0.717, 1.165) is 22.6 Å². The first-order valence-corrected chi connectivity index (χ1v) is 7.31. The first-order valence-electron chi connectivity index (χ1n) is 6.49. The fraction of sp³-hybridized carbons (Fsp3) is 0.214. The van der Waals surface area contributed by atoms with E-state index < -0.39 is 5.91 Å². The minimum Gasteiger partial charge on any atom is -0.378 e. The summed E-state index contributed by atoms with van der Waals surface area (Å²) in [6.45, 7) is 1.69. The van der Waals surface area contributed by atoms with Crippen molar-refractivity contribution in [3.8, 4) is 0 Å². The Morgan fingerprint density at radius 3 is 2.64 bits per heavy atom. The molecule has 0 spiro atoms. The minimum absolute atomic E-state index is 0.343. The summed E-state index contributed by atoms with van der Waals surface area (Å²) in [4.78, 5) is 17.9. The van der Waals surface area contributed by atoms with Crippen LogP contribution >= 0.6 is 11.3 Å². The van der Waals surface area contributed by atoms with Gasteiger partial charge in [-0.3, -0.25) is 15.4 Å². The van der Waals surface area contributed by atoms with Gasteiger partial charge in [-0.2, -0.15) is 5.10 Å². The summed E-state index contributed by atoms with van der Waals surface area (Å²) >= 11 is 1.12. The molecular weight excluding hydrogens is 302 g/mol. The van der Waals surface area contributed by atoms with Crippen LogP contribution in [0.2, 0.25) is 0 Å². The molecule has 0 saturated heterocycles. The molecule has 0 unspecified atom stereocenters. The Bertz CT molecular complexity index is 679. The van der Waals surface area contributed by atoms with Gasteiger partial charge in [0, 0.05) is 19.8 Å². The number of carbonyl (C=O) groups excluding carboxylic acids is 1. The Morgan fingerprint density at radius 2 is 2.05 bits per heavy atom.